The molecule has 146 valence electrons. The number of hydrogen-bond donors (Lipinski definition) is 3. The Kier molecular flexibility index (Phi) is 5.18. The van der Waals surface area contributed by atoms with Crippen LogP contribution in [0.3, 0.4) is 0 Å². The van der Waals surface area contributed by atoms with E-state index in [1.807, 2.05) is 0 Å². The van der Waals surface area contributed by atoms with E-state index in [0.717, 1.165) is 0 Å². The van der Waals surface area contributed by atoms with Crippen LogP contribution in [0.15, 0.2) is 75.8 Å². The highest BCUT2D eigenvalue weighted by Gasteiger charge is 2.13. The molecule has 3 N–H and O–H groups in total. The second-order valence-electron chi connectivity index (χ2n) is 5.85. The Hall–Kier alpha value is -3.76. The Morgan fingerprint density at radius 2 is 1.76 bits per heavy atom. The molecule has 0 aliphatic rings. The third-order valence-corrected chi connectivity index (χ3v) is 4.29. The summed E-state index contributed by atoms with van der Waals surface area (Å²) in [6.07, 6.45) is 1.52. The van der Waals surface area contributed by atoms with Gasteiger partial charge in [-0.05, 0) is 54.6 Å². The summed E-state index contributed by atoms with van der Waals surface area (Å²) >= 11 is -2.17. The fourth-order valence-electron chi connectivity index (χ4n) is 2.56. The first-order valence-corrected chi connectivity index (χ1v) is 9.46. The molecule has 1 amide bonds. The highest BCUT2D eigenvalue weighted by atomic mass is 32.2. The maximum Gasteiger partial charge on any atom is 0.283 e. The van der Waals surface area contributed by atoms with E-state index in [1.54, 1.807) is 48.5 Å². The SMILES string of the molecule is O=C(Nc1cccc(-c2nnc(-c3ccco3)o2)c1)c1ccc(NS(=O)O)cc1. The van der Waals surface area contributed by atoms with Crippen LogP contribution in [0.2, 0.25) is 0 Å². The van der Waals surface area contributed by atoms with Crippen LogP contribution in [-0.2, 0) is 11.3 Å². The van der Waals surface area contributed by atoms with Gasteiger partial charge in [-0.25, -0.2) is 4.21 Å². The Morgan fingerprint density at radius 3 is 2.48 bits per heavy atom. The molecule has 0 bridgehead atoms. The molecule has 1 atom stereocenters. The Morgan fingerprint density at radius 1 is 0.966 bits per heavy atom. The van der Waals surface area contributed by atoms with E-state index < -0.39 is 11.3 Å². The van der Waals surface area contributed by atoms with Gasteiger partial charge >= 0.3 is 0 Å². The first kappa shape index (κ1) is 18.6. The lowest BCUT2D eigenvalue weighted by atomic mass is 10.1. The first-order valence-electron chi connectivity index (χ1n) is 8.35. The van der Waals surface area contributed by atoms with Gasteiger partial charge in [-0.1, -0.05) is 6.07 Å². The zero-order chi connectivity index (χ0) is 20.2. The van der Waals surface area contributed by atoms with E-state index in [4.69, 9.17) is 13.4 Å². The molecule has 2 aromatic carbocycles. The van der Waals surface area contributed by atoms with E-state index in [0.29, 0.717) is 34.2 Å². The molecule has 29 heavy (non-hydrogen) atoms. The molecule has 9 nitrogen and oxygen atoms in total. The predicted octanol–water partition coefficient (Wildman–Crippen LogP) is 3.80. The maximum absolute atomic E-state index is 12.5. The van der Waals surface area contributed by atoms with Crippen LogP contribution >= 0.6 is 0 Å². The van der Waals surface area contributed by atoms with E-state index >= 15 is 0 Å². The molecule has 1 unspecified atom stereocenters. The number of carbonyl (C=O) groups excluding carboxylic acids is 1. The second-order valence-corrected chi connectivity index (χ2v) is 6.56. The lowest BCUT2D eigenvalue weighted by molar-refractivity contribution is 0.102. The quantitative estimate of drug-likeness (QED) is 0.412. The van der Waals surface area contributed by atoms with Crippen molar-refractivity contribution in [3.63, 3.8) is 0 Å². The number of carbonyl (C=O) groups is 1. The van der Waals surface area contributed by atoms with Gasteiger partial charge in [-0.3, -0.25) is 14.1 Å². The van der Waals surface area contributed by atoms with Crippen molar-refractivity contribution in [2.24, 2.45) is 0 Å². The highest BCUT2D eigenvalue weighted by Crippen LogP contribution is 2.26. The summed E-state index contributed by atoms with van der Waals surface area (Å²) in [5, 5.41) is 10.8. The molecule has 4 rings (SSSR count). The van der Waals surface area contributed by atoms with Gasteiger partial charge in [-0.2, -0.15) is 0 Å². The molecule has 0 aliphatic heterocycles. The van der Waals surface area contributed by atoms with Crippen molar-refractivity contribution >= 4 is 28.5 Å². The fraction of sp³-hybridized carbons (Fsp3) is 0. The predicted molar refractivity (Wildman–Crippen MR) is 106 cm³/mol. The number of hydrogen-bond acceptors (Lipinski definition) is 6. The van der Waals surface area contributed by atoms with Gasteiger partial charge in [0.25, 0.3) is 23.1 Å². The molecule has 0 radical (unpaired) electrons. The van der Waals surface area contributed by atoms with E-state index in [9.17, 15) is 9.00 Å². The standard InChI is InChI=1S/C19H14N4O5S/c24-17(12-6-8-14(9-7-12)23-29(25)26)20-15-4-1-3-13(11-15)18-21-22-19(28-18)16-5-2-10-27-16/h1-11,23H,(H,20,24)(H,25,26). The average Bonchev–Trinajstić information content (AvgIpc) is 3.40. The molecule has 0 saturated carbocycles. The number of nitrogens with one attached hydrogen (secondary N) is 2. The number of amides is 1. The van der Waals surface area contributed by atoms with Crippen LogP contribution in [0, 0.1) is 0 Å². The van der Waals surface area contributed by atoms with E-state index in [1.165, 1.54) is 18.4 Å². The van der Waals surface area contributed by atoms with Crippen molar-refractivity contribution < 1.29 is 22.4 Å². The zero-order valence-corrected chi connectivity index (χ0v) is 15.6. The molecule has 2 aromatic heterocycles. The fourth-order valence-corrected chi connectivity index (χ4v) is 2.90. The normalized spacial score (nSPS) is 11.8. The number of rotatable bonds is 6. The van der Waals surface area contributed by atoms with Crippen LogP contribution in [0.5, 0.6) is 0 Å². The van der Waals surface area contributed by atoms with Crippen LogP contribution in [0.25, 0.3) is 23.1 Å². The Balaban J connectivity index is 1.49. The van der Waals surface area contributed by atoms with Crippen LogP contribution in [-0.4, -0.2) is 24.9 Å². The Bertz CT molecular complexity index is 1160. The summed E-state index contributed by atoms with van der Waals surface area (Å²) in [6.45, 7) is 0. The summed E-state index contributed by atoms with van der Waals surface area (Å²) in [5.74, 6) is 0.689. The minimum atomic E-state index is -2.17. The van der Waals surface area contributed by atoms with Crippen molar-refractivity contribution in [1.29, 1.82) is 0 Å². The topological polar surface area (TPSA) is 130 Å². The van der Waals surface area contributed by atoms with Crippen LogP contribution in [0.4, 0.5) is 11.4 Å². The third kappa shape index (κ3) is 4.39. The average molecular weight is 410 g/mol. The second kappa shape index (κ2) is 8.09. The molecule has 0 aliphatic carbocycles. The Labute approximate surface area is 167 Å². The van der Waals surface area contributed by atoms with Gasteiger partial charge in [0.1, 0.15) is 0 Å². The number of aromatic nitrogens is 2. The monoisotopic (exact) mass is 410 g/mol. The number of nitrogens with zero attached hydrogens (tertiary/aromatic N) is 2. The maximum atomic E-state index is 12.5. The molecule has 0 saturated heterocycles. The minimum Gasteiger partial charge on any atom is -0.459 e. The summed E-state index contributed by atoms with van der Waals surface area (Å²) < 4.78 is 32.7. The molecule has 4 aromatic rings. The van der Waals surface area contributed by atoms with Gasteiger partial charge in [0.05, 0.1) is 6.26 Å². The molecule has 0 spiro atoms. The van der Waals surface area contributed by atoms with Crippen LogP contribution in [0.1, 0.15) is 10.4 Å². The molecular formula is C19H14N4O5S. The van der Waals surface area contributed by atoms with Crippen molar-refractivity contribution in [2.75, 3.05) is 10.0 Å². The third-order valence-electron chi connectivity index (χ3n) is 3.88. The first-order chi connectivity index (χ1) is 14.1. The van der Waals surface area contributed by atoms with Gasteiger partial charge in [0.15, 0.2) is 5.76 Å². The lowest BCUT2D eigenvalue weighted by Gasteiger charge is -2.07. The van der Waals surface area contributed by atoms with Crippen molar-refractivity contribution in [3.8, 4) is 23.1 Å². The largest absolute Gasteiger partial charge is 0.459 e. The summed E-state index contributed by atoms with van der Waals surface area (Å²) in [7, 11) is 0. The summed E-state index contributed by atoms with van der Waals surface area (Å²) in [6, 6.07) is 16.6. The van der Waals surface area contributed by atoms with E-state index in [2.05, 4.69) is 20.2 Å². The summed E-state index contributed by atoms with van der Waals surface area (Å²) in [4.78, 5) is 12.5. The highest BCUT2D eigenvalue weighted by molar-refractivity contribution is 7.80. The number of benzene rings is 2. The van der Waals surface area contributed by atoms with Crippen molar-refractivity contribution in [1.82, 2.24) is 10.2 Å². The van der Waals surface area contributed by atoms with Gasteiger partial charge in [0.2, 0.25) is 5.89 Å². The molecule has 0 fully saturated rings. The zero-order valence-electron chi connectivity index (χ0n) is 14.7. The molecule has 10 heteroatoms. The minimum absolute atomic E-state index is 0.261. The van der Waals surface area contributed by atoms with Crippen molar-refractivity contribution in [3.05, 3.63) is 72.5 Å². The van der Waals surface area contributed by atoms with Gasteiger partial charge in [-0.15, -0.1) is 10.2 Å². The van der Waals surface area contributed by atoms with Crippen LogP contribution < -0.4 is 10.0 Å². The number of anilines is 2. The summed E-state index contributed by atoms with van der Waals surface area (Å²) in [5.41, 5.74) is 2.00. The van der Waals surface area contributed by atoms with Gasteiger partial charge in [0, 0.05) is 22.5 Å². The van der Waals surface area contributed by atoms with Crippen molar-refractivity contribution in [2.45, 2.75) is 0 Å². The smallest absolute Gasteiger partial charge is 0.283 e. The number of furan rings is 1. The molecule has 2 heterocycles. The molecular weight excluding hydrogens is 396 g/mol. The lowest BCUT2D eigenvalue weighted by Crippen LogP contribution is -2.12. The van der Waals surface area contributed by atoms with Gasteiger partial charge < -0.3 is 14.2 Å². The van der Waals surface area contributed by atoms with E-state index in [-0.39, 0.29) is 11.8 Å².